The van der Waals surface area contributed by atoms with E-state index >= 15 is 0 Å². The Morgan fingerprint density at radius 3 is 2.81 bits per heavy atom. The highest BCUT2D eigenvalue weighted by Crippen LogP contribution is 2.23. The Morgan fingerprint density at radius 2 is 2.14 bits per heavy atom. The number of nitrogens with two attached hydrogens (primary N) is 1. The third-order valence-corrected chi connectivity index (χ3v) is 3.92. The normalized spacial score (nSPS) is 21.8. The van der Waals surface area contributed by atoms with Gasteiger partial charge in [0.15, 0.2) is 0 Å². The van der Waals surface area contributed by atoms with E-state index in [1.165, 1.54) is 0 Å². The number of likely N-dealkylation sites (tertiary alicyclic amines) is 1. The van der Waals surface area contributed by atoms with E-state index in [1.807, 2.05) is 0 Å². The zero-order valence-corrected chi connectivity index (χ0v) is 12.8. The van der Waals surface area contributed by atoms with Crippen molar-refractivity contribution >= 4 is 18.3 Å². The molecule has 2 N–H and O–H groups in total. The van der Waals surface area contributed by atoms with Crippen LogP contribution in [0, 0.1) is 17.6 Å². The van der Waals surface area contributed by atoms with Crippen molar-refractivity contribution in [2.45, 2.75) is 32.2 Å². The highest BCUT2D eigenvalue weighted by molar-refractivity contribution is 5.85. The highest BCUT2D eigenvalue weighted by atomic mass is 35.5. The van der Waals surface area contributed by atoms with Gasteiger partial charge in [-0.05, 0) is 37.0 Å². The Labute approximate surface area is 129 Å². The minimum atomic E-state index is -0.547. The van der Waals surface area contributed by atoms with Crippen molar-refractivity contribution < 1.29 is 13.6 Å². The molecular formula is C15H21ClF2N2O. The van der Waals surface area contributed by atoms with E-state index in [9.17, 15) is 13.6 Å². The number of hydrogen-bond donors (Lipinski definition) is 1. The molecule has 0 spiro atoms. The third-order valence-electron chi connectivity index (χ3n) is 3.92. The number of rotatable bonds is 3. The SMILES string of the molecule is CC1CCN(C(=O)Cc2cc(F)ccc2F)C(CN)C1.Cl. The molecule has 3 nitrogen and oxygen atoms in total. The maximum Gasteiger partial charge on any atom is 0.227 e. The van der Waals surface area contributed by atoms with Crippen molar-refractivity contribution in [2.75, 3.05) is 13.1 Å². The summed E-state index contributed by atoms with van der Waals surface area (Å²) in [5.41, 5.74) is 5.81. The molecule has 1 saturated heterocycles. The summed E-state index contributed by atoms with van der Waals surface area (Å²) in [6, 6.07) is 3.19. The van der Waals surface area contributed by atoms with Crippen LogP contribution < -0.4 is 5.73 Å². The number of hydrogen-bond acceptors (Lipinski definition) is 2. The lowest BCUT2D eigenvalue weighted by atomic mass is 9.92. The van der Waals surface area contributed by atoms with Crippen molar-refractivity contribution in [1.82, 2.24) is 4.90 Å². The molecule has 0 radical (unpaired) electrons. The first-order valence-corrected chi connectivity index (χ1v) is 6.94. The van der Waals surface area contributed by atoms with Crippen molar-refractivity contribution in [3.63, 3.8) is 0 Å². The molecule has 21 heavy (non-hydrogen) atoms. The predicted octanol–water partition coefficient (Wildman–Crippen LogP) is 2.51. The second-order valence-corrected chi connectivity index (χ2v) is 5.52. The van der Waals surface area contributed by atoms with Crippen LogP contribution in [0.4, 0.5) is 8.78 Å². The smallest absolute Gasteiger partial charge is 0.227 e. The van der Waals surface area contributed by atoms with Crippen LogP contribution in [0.3, 0.4) is 0 Å². The molecular weight excluding hydrogens is 298 g/mol. The molecule has 1 aromatic carbocycles. The van der Waals surface area contributed by atoms with Gasteiger partial charge in [0.2, 0.25) is 5.91 Å². The number of carbonyl (C=O) groups is 1. The zero-order chi connectivity index (χ0) is 14.7. The largest absolute Gasteiger partial charge is 0.338 e. The number of halogens is 3. The summed E-state index contributed by atoms with van der Waals surface area (Å²) < 4.78 is 26.7. The Hall–Kier alpha value is -1.20. The van der Waals surface area contributed by atoms with Gasteiger partial charge in [-0.3, -0.25) is 4.79 Å². The van der Waals surface area contributed by atoms with Gasteiger partial charge in [-0.1, -0.05) is 6.92 Å². The minimum Gasteiger partial charge on any atom is -0.338 e. The lowest BCUT2D eigenvalue weighted by Crippen LogP contribution is -2.49. The quantitative estimate of drug-likeness (QED) is 0.931. The van der Waals surface area contributed by atoms with Gasteiger partial charge in [0.1, 0.15) is 11.6 Å². The second kappa shape index (κ2) is 7.71. The minimum absolute atomic E-state index is 0. The standard InChI is InChI=1S/C15H20F2N2O.ClH/c1-10-4-5-19(13(6-10)9-18)15(20)8-11-7-12(16)2-3-14(11)17;/h2-3,7,10,13H,4-6,8-9,18H2,1H3;1H. The molecule has 2 atom stereocenters. The topological polar surface area (TPSA) is 46.3 Å². The molecule has 0 bridgehead atoms. The summed E-state index contributed by atoms with van der Waals surface area (Å²) in [5.74, 6) is -0.721. The Kier molecular flexibility index (Phi) is 6.55. The van der Waals surface area contributed by atoms with Crippen molar-refractivity contribution in [1.29, 1.82) is 0 Å². The molecule has 1 amide bonds. The van der Waals surface area contributed by atoms with Gasteiger partial charge in [0.05, 0.1) is 6.42 Å². The molecule has 1 aliphatic heterocycles. The van der Waals surface area contributed by atoms with Gasteiger partial charge >= 0.3 is 0 Å². The summed E-state index contributed by atoms with van der Waals surface area (Å²) in [6.45, 7) is 3.18. The second-order valence-electron chi connectivity index (χ2n) is 5.52. The lowest BCUT2D eigenvalue weighted by Gasteiger charge is -2.38. The first-order valence-electron chi connectivity index (χ1n) is 6.94. The molecule has 0 aliphatic carbocycles. The third kappa shape index (κ3) is 4.38. The van der Waals surface area contributed by atoms with Crippen molar-refractivity contribution in [3.8, 4) is 0 Å². The van der Waals surface area contributed by atoms with Crippen LogP contribution in [0.1, 0.15) is 25.3 Å². The molecule has 1 fully saturated rings. The first-order chi connectivity index (χ1) is 9.51. The van der Waals surface area contributed by atoms with E-state index in [2.05, 4.69) is 6.92 Å². The summed E-state index contributed by atoms with van der Waals surface area (Å²) in [7, 11) is 0. The molecule has 0 aromatic heterocycles. The molecule has 6 heteroatoms. The number of nitrogens with zero attached hydrogens (tertiary/aromatic N) is 1. The fraction of sp³-hybridized carbons (Fsp3) is 0.533. The van der Waals surface area contributed by atoms with Crippen molar-refractivity contribution in [2.24, 2.45) is 11.7 Å². The van der Waals surface area contributed by atoms with Gasteiger partial charge in [-0.25, -0.2) is 8.78 Å². The van der Waals surface area contributed by atoms with Crippen LogP contribution in [-0.4, -0.2) is 29.9 Å². The molecule has 1 aromatic rings. The van der Waals surface area contributed by atoms with Gasteiger partial charge in [0, 0.05) is 24.7 Å². The van der Waals surface area contributed by atoms with E-state index in [-0.39, 0.29) is 36.3 Å². The summed E-state index contributed by atoms with van der Waals surface area (Å²) in [4.78, 5) is 14.0. The summed E-state index contributed by atoms with van der Waals surface area (Å²) in [6.07, 6.45) is 1.68. The van der Waals surface area contributed by atoms with Crippen LogP contribution in [-0.2, 0) is 11.2 Å². The summed E-state index contributed by atoms with van der Waals surface area (Å²) in [5, 5.41) is 0. The van der Waals surface area contributed by atoms with Gasteiger partial charge in [0.25, 0.3) is 0 Å². The Bertz CT molecular complexity index is 499. The maximum atomic E-state index is 13.6. The van der Waals surface area contributed by atoms with Crippen LogP contribution in [0.25, 0.3) is 0 Å². The van der Waals surface area contributed by atoms with E-state index in [0.717, 1.165) is 31.0 Å². The van der Waals surface area contributed by atoms with E-state index < -0.39 is 11.6 Å². The fourth-order valence-corrected chi connectivity index (χ4v) is 2.75. The predicted molar refractivity (Wildman–Crippen MR) is 80.3 cm³/mol. The number of benzene rings is 1. The Morgan fingerprint density at radius 1 is 1.43 bits per heavy atom. The monoisotopic (exact) mass is 318 g/mol. The summed E-state index contributed by atoms with van der Waals surface area (Å²) >= 11 is 0. The number of amides is 1. The number of piperidine rings is 1. The molecule has 1 aliphatic rings. The Balaban J connectivity index is 0.00000220. The maximum absolute atomic E-state index is 13.6. The van der Waals surface area contributed by atoms with Gasteiger partial charge < -0.3 is 10.6 Å². The van der Waals surface area contributed by atoms with E-state index in [4.69, 9.17) is 5.73 Å². The molecule has 1 heterocycles. The first kappa shape index (κ1) is 17.9. The fourth-order valence-electron chi connectivity index (χ4n) is 2.75. The van der Waals surface area contributed by atoms with Gasteiger partial charge in [-0.2, -0.15) is 0 Å². The van der Waals surface area contributed by atoms with E-state index in [0.29, 0.717) is 19.0 Å². The van der Waals surface area contributed by atoms with E-state index in [1.54, 1.807) is 4.90 Å². The van der Waals surface area contributed by atoms with Crippen LogP contribution in [0.15, 0.2) is 18.2 Å². The van der Waals surface area contributed by atoms with Crippen LogP contribution in [0.5, 0.6) is 0 Å². The van der Waals surface area contributed by atoms with Crippen molar-refractivity contribution in [3.05, 3.63) is 35.4 Å². The average molecular weight is 319 g/mol. The highest BCUT2D eigenvalue weighted by Gasteiger charge is 2.29. The zero-order valence-electron chi connectivity index (χ0n) is 12.0. The number of carbonyl (C=O) groups excluding carboxylic acids is 1. The van der Waals surface area contributed by atoms with Gasteiger partial charge in [-0.15, -0.1) is 12.4 Å². The van der Waals surface area contributed by atoms with Crippen LogP contribution >= 0.6 is 12.4 Å². The molecule has 2 rings (SSSR count). The average Bonchev–Trinajstić information content (AvgIpc) is 2.42. The lowest BCUT2D eigenvalue weighted by molar-refractivity contribution is -0.134. The van der Waals surface area contributed by atoms with Crippen LogP contribution in [0.2, 0.25) is 0 Å². The molecule has 2 unspecified atom stereocenters. The molecule has 0 saturated carbocycles. The molecule has 118 valence electrons.